The zero-order chi connectivity index (χ0) is 13.4. The topological polar surface area (TPSA) is 48.3 Å². The average molecular weight is 259 g/mol. The van der Waals surface area contributed by atoms with Crippen molar-refractivity contribution in [1.82, 2.24) is 14.9 Å². The van der Waals surface area contributed by atoms with E-state index in [2.05, 4.69) is 16.8 Å². The van der Waals surface area contributed by atoms with Gasteiger partial charge in [0.2, 0.25) is 6.79 Å². The molecule has 1 aromatic carbocycles. The van der Waals surface area contributed by atoms with Crippen molar-refractivity contribution < 1.29 is 9.47 Å². The Morgan fingerprint density at radius 1 is 1.32 bits per heavy atom. The summed E-state index contributed by atoms with van der Waals surface area (Å²) in [4.78, 5) is 4.70. The van der Waals surface area contributed by atoms with Gasteiger partial charge in [0.1, 0.15) is 5.82 Å². The molecule has 0 radical (unpaired) electrons. The highest BCUT2D eigenvalue weighted by molar-refractivity contribution is 5.66. The molecule has 100 valence electrons. The number of benzene rings is 1. The van der Waals surface area contributed by atoms with Gasteiger partial charge in [-0.05, 0) is 32.2 Å². The van der Waals surface area contributed by atoms with Crippen LogP contribution in [0.5, 0.6) is 11.5 Å². The molecule has 3 rings (SSSR count). The number of aromatic nitrogens is 2. The van der Waals surface area contributed by atoms with Crippen LogP contribution in [0.2, 0.25) is 0 Å². The molecule has 1 aromatic heterocycles. The summed E-state index contributed by atoms with van der Waals surface area (Å²) in [5.41, 5.74) is 3.19. The van der Waals surface area contributed by atoms with Crippen molar-refractivity contribution in [2.24, 2.45) is 7.05 Å². The predicted molar refractivity (Wildman–Crippen MR) is 72.3 cm³/mol. The van der Waals surface area contributed by atoms with E-state index in [1.54, 1.807) is 0 Å². The fourth-order valence-electron chi connectivity index (χ4n) is 2.27. The molecule has 0 atom stereocenters. The zero-order valence-electron chi connectivity index (χ0n) is 11.4. The van der Waals surface area contributed by atoms with Crippen LogP contribution in [0.25, 0.3) is 11.3 Å². The van der Waals surface area contributed by atoms with Crippen LogP contribution in [-0.4, -0.2) is 23.4 Å². The summed E-state index contributed by atoms with van der Waals surface area (Å²) < 4.78 is 12.9. The first kappa shape index (κ1) is 12.0. The van der Waals surface area contributed by atoms with E-state index < -0.39 is 0 Å². The van der Waals surface area contributed by atoms with Gasteiger partial charge >= 0.3 is 0 Å². The van der Waals surface area contributed by atoms with Gasteiger partial charge in [0.25, 0.3) is 0 Å². The monoisotopic (exact) mass is 259 g/mol. The second-order valence-electron chi connectivity index (χ2n) is 4.62. The summed E-state index contributed by atoms with van der Waals surface area (Å²) in [5.74, 6) is 2.61. The standard InChI is InChI=1S/C14H17N3O2/c1-9-14(16-13(7-15-2)17(9)3)10-4-5-11-12(6-10)19-8-18-11/h4-6,15H,7-8H2,1-3H3. The van der Waals surface area contributed by atoms with E-state index in [-0.39, 0.29) is 0 Å². The molecule has 0 aliphatic carbocycles. The quantitative estimate of drug-likeness (QED) is 0.913. The summed E-state index contributed by atoms with van der Waals surface area (Å²) in [6.45, 7) is 3.12. The first-order chi connectivity index (χ1) is 9.20. The number of imidazole rings is 1. The first-order valence-corrected chi connectivity index (χ1v) is 6.27. The smallest absolute Gasteiger partial charge is 0.231 e. The first-order valence-electron chi connectivity index (χ1n) is 6.27. The van der Waals surface area contributed by atoms with Gasteiger partial charge in [-0.1, -0.05) is 0 Å². The molecule has 5 heteroatoms. The Morgan fingerprint density at radius 2 is 2.11 bits per heavy atom. The Hall–Kier alpha value is -2.01. The molecule has 0 saturated carbocycles. The molecule has 0 unspecified atom stereocenters. The molecule has 2 heterocycles. The van der Waals surface area contributed by atoms with E-state index in [0.29, 0.717) is 6.79 Å². The minimum absolute atomic E-state index is 0.297. The summed E-state index contributed by atoms with van der Waals surface area (Å²) in [5, 5.41) is 3.13. The number of fused-ring (bicyclic) bond motifs is 1. The molecule has 0 saturated heterocycles. The van der Waals surface area contributed by atoms with Gasteiger partial charge in [0.15, 0.2) is 11.5 Å². The lowest BCUT2D eigenvalue weighted by molar-refractivity contribution is 0.174. The van der Waals surface area contributed by atoms with Crippen molar-refractivity contribution in [2.45, 2.75) is 13.5 Å². The van der Waals surface area contributed by atoms with Gasteiger partial charge in [0, 0.05) is 18.3 Å². The lowest BCUT2D eigenvalue weighted by Gasteiger charge is -2.02. The second-order valence-corrected chi connectivity index (χ2v) is 4.62. The Labute approximate surface area is 112 Å². The average Bonchev–Trinajstić information content (AvgIpc) is 2.98. The fourth-order valence-corrected chi connectivity index (χ4v) is 2.27. The van der Waals surface area contributed by atoms with Crippen molar-refractivity contribution in [3.8, 4) is 22.8 Å². The number of rotatable bonds is 3. The summed E-state index contributed by atoms with van der Waals surface area (Å²) in [7, 11) is 3.95. The van der Waals surface area contributed by atoms with Crippen LogP contribution in [0.15, 0.2) is 18.2 Å². The highest BCUT2D eigenvalue weighted by atomic mass is 16.7. The zero-order valence-corrected chi connectivity index (χ0v) is 11.4. The highest BCUT2D eigenvalue weighted by Gasteiger charge is 2.17. The van der Waals surface area contributed by atoms with Gasteiger partial charge in [-0.3, -0.25) is 0 Å². The van der Waals surface area contributed by atoms with Gasteiger partial charge in [-0.25, -0.2) is 4.98 Å². The third-order valence-electron chi connectivity index (χ3n) is 3.45. The van der Waals surface area contributed by atoms with E-state index in [9.17, 15) is 0 Å². The van der Waals surface area contributed by atoms with E-state index in [1.165, 1.54) is 0 Å². The molecule has 19 heavy (non-hydrogen) atoms. The molecule has 1 aliphatic heterocycles. The number of nitrogens with one attached hydrogen (secondary N) is 1. The minimum Gasteiger partial charge on any atom is -0.454 e. The lowest BCUT2D eigenvalue weighted by atomic mass is 10.1. The Bertz CT molecular complexity index is 619. The largest absolute Gasteiger partial charge is 0.454 e. The number of hydrogen-bond donors (Lipinski definition) is 1. The van der Waals surface area contributed by atoms with Gasteiger partial charge in [0.05, 0.1) is 12.2 Å². The number of hydrogen-bond acceptors (Lipinski definition) is 4. The van der Waals surface area contributed by atoms with E-state index in [1.807, 2.05) is 32.3 Å². The third-order valence-corrected chi connectivity index (χ3v) is 3.45. The molecule has 1 aliphatic rings. The molecular formula is C14H17N3O2. The second kappa shape index (κ2) is 4.59. The summed E-state index contributed by atoms with van der Waals surface area (Å²) in [6, 6.07) is 5.94. The maximum atomic E-state index is 5.42. The van der Waals surface area contributed by atoms with E-state index >= 15 is 0 Å². The number of ether oxygens (including phenoxy) is 2. The van der Waals surface area contributed by atoms with E-state index in [4.69, 9.17) is 14.5 Å². The van der Waals surface area contributed by atoms with Crippen LogP contribution in [-0.2, 0) is 13.6 Å². The van der Waals surface area contributed by atoms with Crippen LogP contribution in [0, 0.1) is 6.92 Å². The Kier molecular flexibility index (Phi) is 2.91. The number of nitrogens with zero attached hydrogens (tertiary/aromatic N) is 2. The molecule has 0 fully saturated rings. The van der Waals surface area contributed by atoms with Crippen LogP contribution in [0.4, 0.5) is 0 Å². The Balaban J connectivity index is 2.04. The molecule has 1 N–H and O–H groups in total. The molecule has 0 bridgehead atoms. The normalized spacial score (nSPS) is 13.0. The van der Waals surface area contributed by atoms with Gasteiger partial charge in [-0.15, -0.1) is 0 Å². The maximum Gasteiger partial charge on any atom is 0.231 e. The summed E-state index contributed by atoms with van der Waals surface area (Å²) >= 11 is 0. The maximum absolute atomic E-state index is 5.42. The van der Waals surface area contributed by atoms with Crippen molar-refractivity contribution in [3.05, 3.63) is 29.7 Å². The van der Waals surface area contributed by atoms with Crippen molar-refractivity contribution in [3.63, 3.8) is 0 Å². The fraction of sp³-hybridized carbons (Fsp3) is 0.357. The van der Waals surface area contributed by atoms with Crippen LogP contribution < -0.4 is 14.8 Å². The van der Waals surface area contributed by atoms with Gasteiger partial charge in [-0.2, -0.15) is 0 Å². The summed E-state index contributed by atoms with van der Waals surface area (Å²) in [6.07, 6.45) is 0. The van der Waals surface area contributed by atoms with Crippen molar-refractivity contribution in [1.29, 1.82) is 0 Å². The van der Waals surface area contributed by atoms with Crippen LogP contribution >= 0.6 is 0 Å². The van der Waals surface area contributed by atoms with E-state index in [0.717, 1.165) is 40.8 Å². The Morgan fingerprint density at radius 3 is 2.89 bits per heavy atom. The van der Waals surface area contributed by atoms with Crippen molar-refractivity contribution in [2.75, 3.05) is 13.8 Å². The SMILES string of the molecule is CNCc1nc(-c2ccc3c(c2)OCO3)c(C)n1C. The molecular weight excluding hydrogens is 242 g/mol. The van der Waals surface area contributed by atoms with Crippen molar-refractivity contribution >= 4 is 0 Å². The third kappa shape index (κ3) is 1.96. The minimum atomic E-state index is 0.297. The predicted octanol–water partition coefficient (Wildman–Crippen LogP) is 1.84. The van der Waals surface area contributed by atoms with Crippen LogP contribution in [0.3, 0.4) is 0 Å². The van der Waals surface area contributed by atoms with Crippen LogP contribution in [0.1, 0.15) is 11.5 Å². The molecule has 0 spiro atoms. The molecule has 5 nitrogen and oxygen atoms in total. The lowest BCUT2D eigenvalue weighted by Crippen LogP contribution is -2.10. The van der Waals surface area contributed by atoms with Gasteiger partial charge < -0.3 is 19.4 Å². The highest BCUT2D eigenvalue weighted by Crippen LogP contribution is 2.36. The molecule has 0 amide bonds. The molecule has 2 aromatic rings.